The van der Waals surface area contributed by atoms with Crippen molar-refractivity contribution in [2.75, 3.05) is 13.2 Å². The van der Waals surface area contributed by atoms with Crippen molar-refractivity contribution in [3.05, 3.63) is 251 Å². The Morgan fingerprint density at radius 3 is 1.32 bits per heavy atom. The van der Waals surface area contributed by atoms with Crippen molar-refractivity contribution in [1.29, 1.82) is 5.26 Å². The number of nitriles is 1. The molecular weight excluding hydrogens is 1220 g/mol. The van der Waals surface area contributed by atoms with Gasteiger partial charge in [-0.05, 0) is 39.8 Å². The molecule has 0 amide bonds. The molecule has 93 heavy (non-hydrogen) atoms. The van der Waals surface area contributed by atoms with E-state index in [1.807, 2.05) is 6.07 Å². The molecule has 0 radical (unpaired) electrons. The minimum atomic E-state index is -4.65. The van der Waals surface area contributed by atoms with Crippen LogP contribution in [-0.4, -0.2) is 167 Å². The van der Waals surface area contributed by atoms with Crippen molar-refractivity contribution in [3.8, 4) is 6.07 Å². The van der Waals surface area contributed by atoms with Gasteiger partial charge in [0, 0.05) is 45.5 Å². The Morgan fingerprint density at radius 2 is 0.914 bits per heavy atom. The molecule has 7 N–H and O–H groups in total. The first kappa shape index (κ1) is 68.8. The molecule has 23 heteroatoms. The van der Waals surface area contributed by atoms with E-state index in [4.69, 9.17) is 28.0 Å². The molecule has 0 bridgehead atoms. The number of aliphatic hydroxyl groups excluding tert-OH is 6. The van der Waals surface area contributed by atoms with Gasteiger partial charge >= 0.3 is 5.97 Å². The Kier molecular flexibility index (Phi) is 21.6. The van der Waals surface area contributed by atoms with Crippen LogP contribution >= 0.6 is 8.53 Å². The van der Waals surface area contributed by atoms with Crippen LogP contribution in [0.3, 0.4) is 0 Å². The third-order valence-electron chi connectivity index (χ3n) is 16.1. The average Bonchev–Trinajstić information content (AvgIpc) is 0.658. The minimum absolute atomic E-state index is 0.408. The average molecular weight is 1290 g/mol. The molecule has 1 unspecified atom stereocenters. The summed E-state index contributed by atoms with van der Waals surface area (Å²) in [6, 6.07) is 44.9. The van der Waals surface area contributed by atoms with Gasteiger partial charge < -0.3 is 54.1 Å². The van der Waals surface area contributed by atoms with E-state index in [1.165, 1.54) is 145 Å². The standard InChI is InChI=1S/C70H68N3O19P/c1-44(2)73(45(3)4)72-93(87-42-26-41-71)92-67(58(79)48-31-16-7-17-32-48)63(84)55(76)65(86)90-69(67,60(81)50-35-20-9-21-36-50)66(56(77)46-27-12-5-13-28-46,57(78)47-29-14-6-15-30-47)91-70(61(82)51-37-22-10-23-38-51)68(59(80)49-33-18-8-19-34-49,62(83)54(75)53(43-74)88-70)89-64(85)52-39-24-11-25-40-52/h5-25,27-40,44-45,53-55,62-63,65,72,74-76,83-84,86H,26,42-43H2,1-4H3/t53-,54+,55-,62+,63-,65-,67+,68-,69-,70-,93?/m1/s1. The second-order valence-corrected chi connectivity index (χ2v) is 23.6. The summed E-state index contributed by atoms with van der Waals surface area (Å²) in [6.07, 6.45) is -17.8. The largest absolute Gasteiger partial charge is 0.438 e. The Hall–Kier alpha value is -8.57. The summed E-state index contributed by atoms with van der Waals surface area (Å²) in [5.74, 6) is -16.8. The van der Waals surface area contributed by atoms with Crippen LogP contribution in [-0.2, 0) is 28.0 Å². The lowest BCUT2D eigenvalue weighted by atomic mass is 9.56. The predicted octanol–water partition coefficient (Wildman–Crippen LogP) is 6.79. The molecule has 22 nitrogen and oxygen atoms in total. The zero-order chi connectivity index (χ0) is 66.9. The van der Waals surface area contributed by atoms with Crippen molar-refractivity contribution in [3.63, 3.8) is 0 Å². The maximum atomic E-state index is 17.9. The normalized spacial score (nSPS) is 24.9. The number of carbonyl (C=O) groups is 7. The Balaban J connectivity index is 1.62. The number of rotatable bonds is 27. The van der Waals surface area contributed by atoms with Crippen LogP contribution in [0.1, 0.15) is 107 Å². The van der Waals surface area contributed by atoms with Gasteiger partial charge in [-0.15, -0.1) is 0 Å². The first-order valence-electron chi connectivity index (χ1n) is 29.6. The highest BCUT2D eigenvalue weighted by atomic mass is 31.2. The number of hydrogen-bond acceptors (Lipinski definition) is 22. The molecule has 2 saturated heterocycles. The quantitative estimate of drug-likeness (QED) is 0.00696. The monoisotopic (exact) mass is 1290 g/mol. The first-order valence-corrected chi connectivity index (χ1v) is 30.8. The number of hydrazine groups is 1. The van der Waals surface area contributed by atoms with Crippen molar-refractivity contribution in [2.45, 2.75) is 111 Å². The number of aliphatic hydroxyl groups is 6. The van der Waals surface area contributed by atoms with E-state index in [2.05, 4.69) is 5.20 Å². The number of carbonyl (C=O) groups excluding carboxylic acids is 7. The van der Waals surface area contributed by atoms with E-state index < -0.39 is 185 Å². The Bertz CT molecular complexity index is 3760. The maximum absolute atomic E-state index is 17.9. The number of nitrogens with zero attached hydrogens (tertiary/aromatic N) is 2. The van der Waals surface area contributed by atoms with Crippen LogP contribution in [0.5, 0.6) is 0 Å². The molecule has 2 heterocycles. The molecular formula is C70H68N3O19P. The van der Waals surface area contributed by atoms with E-state index in [0.29, 0.717) is 0 Å². The molecule has 0 aliphatic carbocycles. The van der Waals surface area contributed by atoms with E-state index in [1.54, 1.807) is 27.7 Å². The van der Waals surface area contributed by atoms with Gasteiger partial charge in [-0.25, -0.2) is 9.80 Å². The van der Waals surface area contributed by atoms with E-state index in [0.717, 1.165) is 72.8 Å². The second kappa shape index (κ2) is 29.2. The molecule has 482 valence electrons. The third kappa shape index (κ3) is 12.4. The lowest BCUT2D eigenvalue weighted by Gasteiger charge is -2.63. The Labute approximate surface area is 536 Å². The minimum Gasteiger partial charge on any atom is -0.438 e. The van der Waals surface area contributed by atoms with Crippen LogP contribution in [0.25, 0.3) is 0 Å². The number of esters is 1. The number of ketones is 6. The Morgan fingerprint density at radius 1 is 0.538 bits per heavy atom. The van der Waals surface area contributed by atoms with Crippen molar-refractivity contribution >= 4 is 49.2 Å². The molecule has 0 aromatic heterocycles. The van der Waals surface area contributed by atoms with Gasteiger partial charge in [-0.1, -0.05) is 200 Å². The number of ether oxygens (including phenoxy) is 4. The number of Topliss-reactive ketones (excluding diaryl/α,β-unsaturated/α-hetero) is 6. The highest BCUT2D eigenvalue weighted by molar-refractivity contribution is 7.45. The van der Waals surface area contributed by atoms with Crippen LogP contribution in [0.4, 0.5) is 0 Å². The number of nitrogens with one attached hydrogen (secondary N) is 1. The molecule has 0 spiro atoms. The summed E-state index contributed by atoms with van der Waals surface area (Å²) < 4.78 is 41.0. The van der Waals surface area contributed by atoms with E-state index in [-0.39, 0.29) is 0 Å². The summed E-state index contributed by atoms with van der Waals surface area (Å²) >= 11 is 0. The van der Waals surface area contributed by atoms with Crippen LogP contribution in [0, 0.1) is 11.3 Å². The van der Waals surface area contributed by atoms with Crippen molar-refractivity contribution in [2.24, 2.45) is 0 Å². The maximum Gasteiger partial charge on any atom is 0.339 e. The molecule has 2 aliphatic rings. The summed E-state index contributed by atoms with van der Waals surface area (Å²) in [7, 11) is -3.36. The van der Waals surface area contributed by atoms with Crippen LogP contribution in [0.15, 0.2) is 212 Å². The molecule has 2 aliphatic heterocycles. The molecule has 9 rings (SSSR count). The number of benzene rings is 7. The highest BCUT2D eigenvalue weighted by Crippen LogP contribution is 2.61. The zero-order valence-electron chi connectivity index (χ0n) is 50.8. The smallest absolute Gasteiger partial charge is 0.339 e. The fourth-order valence-corrected chi connectivity index (χ4v) is 13.4. The molecule has 0 saturated carbocycles. The van der Waals surface area contributed by atoms with Gasteiger partial charge in [0.25, 0.3) is 19.9 Å². The molecule has 11 atom stereocenters. The van der Waals surface area contributed by atoms with Gasteiger partial charge in [0.15, 0.2) is 6.29 Å². The summed E-state index contributed by atoms with van der Waals surface area (Å²) in [6.45, 7) is 4.88. The molecule has 2 fully saturated rings. The SMILES string of the molecule is CC(C)N(NP(OCCC#N)O[C@@]1(C(=O)c2ccccc2)[C@H](O)[C@@H](O)[C@H](O)O[C@]1(C(=O)c1ccccc1)C(O[C@@]1(C(=O)c2ccccc2)O[C@H](CO)[C@H](O)[C@H](O)[C@]1(OC(=O)c1ccccc1)C(=O)c1ccccc1)(C(=O)c1ccccc1)C(=O)c1ccccc1)C(C)C. The summed E-state index contributed by atoms with van der Waals surface area (Å²) in [4.78, 5) is 120. The third-order valence-corrected chi connectivity index (χ3v) is 17.4. The zero-order valence-corrected chi connectivity index (χ0v) is 51.7. The first-order chi connectivity index (χ1) is 44.6. The van der Waals surface area contributed by atoms with Crippen LogP contribution < -0.4 is 5.20 Å². The summed E-state index contributed by atoms with van der Waals surface area (Å²) in [5, 5.41) is 91.3. The van der Waals surface area contributed by atoms with Gasteiger partial charge in [-0.2, -0.15) is 10.5 Å². The molecule has 7 aromatic rings. The molecule has 7 aromatic carbocycles. The topological polar surface area (TPSA) is 335 Å². The van der Waals surface area contributed by atoms with E-state index in [9.17, 15) is 35.9 Å². The van der Waals surface area contributed by atoms with Gasteiger partial charge in [-0.3, -0.25) is 33.3 Å². The lowest BCUT2D eigenvalue weighted by Crippen LogP contribution is -2.90. The van der Waals surface area contributed by atoms with Crippen molar-refractivity contribution in [1.82, 2.24) is 10.2 Å². The van der Waals surface area contributed by atoms with E-state index >= 15 is 33.6 Å². The fraction of sp³-hybridized carbons (Fsp3) is 0.286. The van der Waals surface area contributed by atoms with Gasteiger partial charge in [0.2, 0.25) is 51.5 Å². The highest BCUT2D eigenvalue weighted by Gasteiger charge is 2.88. The van der Waals surface area contributed by atoms with Crippen molar-refractivity contribution < 1.29 is 92.2 Å². The fourth-order valence-electron chi connectivity index (χ4n) is 11.8. The summed E-state index contributed by atoms with van der Waals surface area (Å²) in [5.41, 5.74) is -21.7. The van der Waals surface area contributed by atoms with Gasteiger partial charge in [0.1, 0.15) is 30.5 Å². The number of hydrogen-bond donors (Lipinski definition) is 7. The second-order valence-electron chi connectivity index (χ2n) is 22.5. The van der Waals surface area contributed by atoms with Crippen LogP contribution in [0.2, 0.25) is 0 Å². The predicted molar refractivity (Wildman–Crippen MR) is 334 cm³/mol. The van der Waals surface area contributed by atoms with Gasteiger partial charge in [0.05, 0.1) is 31.3 Å². The lowest BCUT2D eigenvalue weighted by molar-refractivity contribution is -0.399.